The number of rotatable bonds is 20. The van der Waals surface area contributed by atoms with Gasteiger partial charge >= 0.3 is 7.82 Å². The highest BCUT2D eigenvalue weighted by molar-refractivity contribution is 7.48. The van der Waals surface area contributed by atoms with Gasteiger partial charge < -0.3 is 10.1 Å². The van der Waals surface area contributed by atoms with Crippen molar-refractivity contribution in [2.45, 2.75) is 80.1 Å². The maximum atomic E-state index is 12.7. The highest BCUT2D eigenvalue weighted by atomic mass is 31.2. The molecule has 0 aromatic heterocycles. The molecule has 1 aromatic carbocycles. The van der Waals surface area contributed by atoms with Crippen molar-refractivity contribution < 1.29 is 27.7 Å². The van der Waals surface area contributed by atoms with Gasteiger partial charge in [-0.3, -0.25) is 18.4 Å². The monoisotopic (exact) mass is 549 g/mol. The van der Waals surface area contributed by atoms with E-state index in [0.717, 1.165) is 25.7 Å². The number of hydrogen-bond acceptors (Lipinski definition) is 6. The van der Waals surface area contributed by atoms with E-state index in [1.54, 1.807) is 19.9 Å². The molecule has 1 rings (SSSR count). The summed E-state index contributed by atoms with van der Waals surface area (Å²) in [5.74, 6) is 0.368. The standard InChI is InChI=1S/C30H48NO6P/c1-7-35-38(33,36-8-2)37-23-12-11-22-31-30(32)28-19-9-10-20-29(28)34-24-21-27(6)18-14-17-26(5)16-13-15-25(3)4/h9-10,15,17,19-21H,7-8,11-14,16,18,22-24H2,1-6H3,(H,31,32)/b26-17+,27-21+. The van der Waals surface area contributed by atoms with Gasteiger partial charge in [-0.25, -0.2) is 4.57 Å². The van der Waals surface area contributed by atoms with Crippen molar-refractivity contribution in [3.05, 3.63) is 64.8 Å². The van der Waals surface area contributed by atoms with Gasteiger partial charge in [0.2, 0.25) is 0 Å². The highest BCUT2D eigenvalue weighted by Crippen LogP contribution is 2.49. The van der Waals surface area contributed by atoms with Crippen LogP contribution in [0, 0.1) is 0 Å². The summed E-state index contributed by atoms with van der Waals surface area (Å²) in [5.41, 5.74) is 4.56. The molecule has 0 aliphatic heterocycles. The van der Waals surface area contributed by atoms with Crippen molar-refractivity contribution in [2.75, 3.05) is 33.0 Å². The predicted octanol–water partition coefficient (Wildman–Crippen LogP) is 8.19. The first-order valence-electron chi connectivity index (χ1n) is 13.7. The topological polar surface area (TPSA) is 83.1 Å². The third kappa shape index (κ3) is 15.3. The average molecular weight is 550 g/mol. The number of amides is 1. The van der Waals surface area contributed by atoms with Crippen molar-refractivity contribution in [1.29, 1.82) is 0 Å². The van der Waals surface area contributed by atoms with Crippen molar-refractivity contribution >= 4 is 13.7 Å². The summed E-state index contributed by atoms with van der Waals surface area (Å²) in [6.45, 7) is 13.6. The van der Waals surface area contributed by atoms with Crippen LogP contribution in [0.3, 0.4) is 0 Å². The largest absolute Gasteiger partial charge is 0.489 e. The van der Waals surface area contributed by atoms with E-state index in [1.807, 2.05) is 18.2 Å². The lowest BCUT2D eigenvalue weighted by Gasteiger charge is -2.16. The first-order valence-corrected chi connectivity index (χ1v) is 15.1. The number of allylic oxidation sites excluding steroid dienone is 5. The molecule has 0 spiro atoms. The van der Waals surface area contributed by atoms with E-state index < -0.39 is 7.82 Å². The van der Waals surface area contributed by atoms with E-state index >= 15 is 0 Å². The van der Waals surface area contributed by atoms with Crippen LogP contribution in [0.4, 0.5) is 0 Å². The number of phosphoric ester groups is 1. The molecule has 0 aliphatic rings. The molecule has 0 saturated heterocycles. The zero-order valence-corrected chi connectivity index (χ0v) is 25.1. The van der Waals surface area contributed by atoms with Crippen LogP contribution in [0.5, 0.6) is 5.75 Å². The minimum Gasteiger partial charge on any atom is -0.489 e. The zero-order valence-electron chi connectivity index (χ0n) is 24.2. The number of unbranched alkanes of at least 4 members (excludes halogenated alkanes) is 1. The number of carbonyl (C=O) groups excluding carboxylic acids is 1. The fourth-order valence-corrected chi connectivity index (χ4v) is 4.73. The van der Waals surface area contributed by atoms with Crippen LogP contribution in [-0.2, 0) is 18.1 Å². The number of hydrogen-bond donors (Lipinski definition) is 1. The van der Waals surface area contributed by atoms with Gasteiger partial charge in [0.1, 0.15) is 12.4 Å². The molecule has 8 heteroatoms. The van der Waals surface area contributed by atoms with Crippen LogP contribution in [0.25, 0.3) is 0 Å². The van der Waals surface area contributed by atoms with Crippen LogP contribution in [0.1, 0.15) is 90.4 Å². The van der Waals surface area contributed by atoms with Gasteiger partial charge in [-0.2, -0.15) is 0 Å². The van der Waals surface area contributed by atoms with Crippen molar-refractivity contribution in [2.24, 2.45) is 0 Å². The van der Waals surface area contributed by atoms with Gasteiger partial charge in [0.25, 0.3) is 5.91 Å². The molecule has 1 amide bonds. The number of nitrogens with one attached hydrogen (secondary N) is 1. The van der Waals surface area contributed by atoms with Gasteiger partial charge in [0.05, 0.1) is 25.4 Å². The fraction of sp³-hybridized carbons (Fsp3) is 0.567. The third-order valence-electron chi connectivity index (χ3n) is 5.61. The van der Waals surface area contributed by atoms with Gasteiger partial charge in [-0.1, -0.05) is 41.0 Å². The number of para-hydroxylation sites is 1. The van der Waals surface area contributed by atoms with Crippen LogP contribution < -0.4 is 10.1 Å². The molecule has 214 valence electrons. The van der Waals surface area contributed by atoms with Gasteiger partial charge in [-0.15, -0.1) is 0 Å². The van der Waals surface area contributed by atoms with E-state index in [1.165, 1.54) is 16.7 Å². The lowest BCUT2D eigenvalue weighted by molar-refractivity contribution is 0.0945. The Hall–Kier alpha value is -2.18. The maximum absolute atomic E-state index is 12.7. The number of carbonyl (C=O) groups is 1. The summed E-state index contributed by atoms with van der Waals surface area (Å²) in [4.78, 5) is 12.7. The highest BCUT2D eigenvalue weighted by Gasteiger charge is 2.24. The Morgan fingerprint density at radius 3 is 2.16 bits per heavy atom. The summed E-state index contributed by atoms with van der Waals surface area (Å²) in [5, 5.41) is 2.91. The molecule has 1 aromatic rings. The van der Waals surface area contributed by atoms with E-state index in [9.17, 15) is 9.36 Å². The van der Waals surface area contributed by atoms with Crippen LogP contribution >= 0.6 is 7.82 Å². The molecule has 0 unspecified atom stereocenters. The summed E-state index contributed by atoms with van der Waals surface area (Å²) >= 11 is 0. The van der Waals surface area contributed by atoms with Crippen LogP contribution in [0.15, 0.2) is 59.2 Å². The lowest BCUT2D eigenvalue weighted by Crippen LogP contribution is -2.25. The smallest absolute Gasteiger partial charge is 0.474 e. The summed E-state index contributed by atoms with van der Waals surface area (Å²) in [6, 6.07) is 7.25. The molecule has 0 aliphatic carbocycles. The summed E-state index contributed by atoms with van der Waals surface area (Å²) in [6.07, 6.45) is 12.1. The number of phosphoric acid groups is 1. The van der Waals surface area contributed by atoms with Gasteiger partial charge in [-0.05, 0) is 98.3 Å². The molecule has 0 saturated carbocycles. The summed E-state index contributed by atoms with van der Waals surface area (Å²) in [7, 11) is -3.49. The zero-order chi connectivity index (χ0) is 28.2. The molecular formula is C30H48NO6P. The predicted molar refractivity (Wildman–Crippen MR) is 156 cm³/mol. The second-order valence-corrected chi connectivity index (χ2v) is 11.0. The van der Waals surface area contributed by atoms with Gasteiger partial charge in [0, 0.05) is 6.54 Å². The Morgan fingerprint density at radius 2 is 1.50 bits per heavy atom. The fourth-order valence-electron chi connectivity index (χ4n) is 3.52. The first-order chi connectivity index (χ1) is 18.2. The maximum Gasteiger partial charge on any atom is 0.474 e. The number of benzene rings is 1. The SMILES string of the molecule is CCOP(=O)(OCC)OCCCCNC(=O)c1ccccc1OC/C=C(\C)CC/C=C(\C)CCC=C(C)C. The van der Waals surface area contributed by atoms with Crippen LogP contribution in [-0.4, -0.2) is 38.9 Å². The molecule has 0 fully saturated rings. The molecule has 7 nitrogen and oxygen atoms in total. The minimum absolute atomic E-state index is 0.190. The Morgan fingerprint density at radius 1 is 0.868 bits per heavy atom. The Labute approximate surface area is 230 Å². The molecular weight excluding hydrogens is 501 g/mol. The van der Waals surface area contributed by atoms with Gasteiger partial charge in [0.15, 0.2) is 0 Å². The Bertz CT molecular complexity index is 955. The normalized spacial score (nSPS) is 12.4. The minimum atomic E-state index is -3.49. The molecule has 0 radical (unpaired) electrons. The Kier molecular flexibility index (Phi) is 17.7. The quantitative estimate of drug-likeness (QED) is 0.100. The van der Waals surface area contributed by atoms with Crippen molar-refractivity contribution in [3.8, 4) is 5.75 Å². The number of ether oxygens (including phenoxy) is 1. The molecule has 1 N–H and O–H groups in total. The molecule has 0 atom stereocenters. The van der Waals surface area contributed by atoms with E-state index in [-0.39, 0.29) is 25.7 Å². The van der Waals surface area contributed by atoms with Crippen molar-refractivity contribution in [1.82, 2.24) is 5.32 Å². The third-order valence-corrected chi connectivity index (χ3v) is 7.25. The average Bonchev–Trinajstić information content (AvgIpc) is 2.86. The first kappa shape index (κ1) is 33.8. The van der Waals surface area contributed by atoms with Crippen LogP contribution in [0.2, 0.25) is 0 Å². The molecule has 38 heavy (non-hydrogen) atoms. The van der Waals surface area contributed by atoms with E-state index in [0.29, 0.717) is 37.3 Å². The van der Waals surface area contributed by atoms with Crippen molar-refractivity contribution in [3.63, 3.8) is 0 Å². The Balaban J connectivity index is 2.42. The van der Waals surface area contributed by atoms with E-state index in [2.05, 4.69) is 51.2 Å². The van der Waals surface area contributed by atoms with E-state index in [4.69, 9.17) is 18.3 Å². The molecule has 0 bridgehead atoms. The lowest BCUT2D eigenvalue weighted by atomic mass is 10.1. The second kappa shape index (κ2) is 19.8. The molecule has 0 heterocycles. The summed E-state index contributed by atoms with van der Waals surface area (Å²) < 4.78 is 33.7. The second-order valence-electron chi connectivity index (χ2n) is 9.35.